The van der Waals surface area contributed by atoms with E-state index >= 15 is 0 Å². The minimum atomic E-state index is -0.548. The van der Waals surface area contributed by atoms with Crippen LogP contribution in [0, 0.1) is 0 Å². The number of ether oxygens (including phenoxy) is 1. The number of nitrogens with two attached hydrogens (primary N) is 1. The number of aliphatic hydroxyl groups excluding tert-OH is 1. The molecule has 1 saturated heterocycles. The van der Waals surface area contributed by atoms with E-state index in [1.54, 1.807) is 29.2 Å². The highest BCUT2D eigenvalue weighted by molar-refractivity contribution is 5.94. The molecule has 1 fully saturated rings. The molecule has 108 valence electrons. The van der Waals surface area contributed by atoms with E-state index in [0.29, 0.717) is 17.9 Å². The van der Waals surface area contributed by atoms with Crippen molar-refractivity contribution in [3.05, 3.63) is 29.8 Å². The van der Waals surface area contributed by atoms with Gasteiger partial charge in [-0.1, -0.05) is 0 Å². The molecule has 0 saturated carbocycles. The maximum absolute atomic E-state index is 12.3. The average molecular weight is 278 g/mol. The molecule has 0 unspecified atom stereocenters. The lowest BCUT2D eigenvalue weighted by atomic mass is 10.1. The quantitative estimate of drug-likeness (QED) is 0.801. The largest absolute Gasteiger partial charge is 0.484 e. The Hall–Kier alpha value is -2.08. The SMILES string of the molecule is NC(=O)COc1ccc(C(=O)N2CCC[C@@H]2CO)cc1. The molecule has 0 aliphatic carbocycles. The van der Waals surface area contributed by atoms with Gasteiger partial charge in [0.25, 0.3) is 11.8 Å². The van der Waals surface area contributed by atoms with Gasteiger partial charge in [0.2, 0.25) is 0 Å². The van der Waals surface area contributed by atoms with Crippen molar-refractivity contribution in [3.63, 3.8) is 0 Å². The van der Waals surface area contributed by atoms with Crippen LogP contribution in [0.1, 0.15) is 23.2 Å². The lowest BCUT2D eigenvalue weighted by molar-refractivity contribution is -0.119. The number of carbonyl (C=O) groups excluding carboxylic acids is 2. The smallest absolute Gasteiger partial charge is 0.255 e. The number of hydrogen-bond acceptors (Lipinski definition) is 4. The molecule has 3 N–H and O–H groups in total. The van der Waals surface area contributed by atoms with Crippen LogP contribution < -0.4 is 10.5 Å². The van der Waals surface area contributed by atoms with Crippen LogP contribution in [0.5, 0.6) is 5.75 Å². The second-order valence-electron chi connectivity index (χ2n) is 4.76. The van der Waals surface area contributed by atoms with Crippen molar-refractivity contribution in [2.24, 2.45) is 5.73 Å². The Bertz CT molecular complexity index is 486. The zero-order valence-corrected chi connectivity index (χ0v) is 11.1. The highest BCUT2D eigenvalue weighted by Gasteiger charge is 2.28. The fourth-order valence-electron chi connectivity index (χ4n) is 2.31. The Balaban J connectivity index is 2.02. The molecule has 0 aromatic heterocycles. The predicted molar refractivity (Wildman–Crippen MR) is 72.3 cm³/mol. The van der Waals surface area contributed by atoms with E-state index in [0.717, 1.165) is 12.8 Å². The van der Waals surface area contributed by atoms with Gasteiger partial charge in [0.05, 0.1) is 12.6 Å². The molecule has 1 heterocycles. The first-order valence-corrected chi connectivity index (χ1v) is 6.55. The van der Waals surface area contributed by atoms with Gasteiger partial charge in [-0.2, -0.15) is 0 Å². The Labute approximate surface area is 117 Å². The van der Waals surface area contributed by atoms with Crippen LogP contribution in [0.25, 0.3) is 0 Å². The summed E-state index contributed by atoms with van der Waals surface area (Å²) in [6.45, 7) is 0.474. The molecule has 0 bridgehead atoms. The van der Waals surface area contributed by atoms with E-state index < -0.39 is 5.91 Å². The van der Waals surface area contributed by atoms with Crippen molar-refractivity contribution in [1.29, 1.82) is 0 Å². The number of benzene rings is 1. The number of amides is 2. The summed E-state index contributed by atoms with van der Waals surface area (Å²) in [5, 5.41) is 9.24. The third-order valence-corrected chi connectivity index (χ3v) is 3.33. The van der Waals surface area contributed by atoms with Crippen LogP contribution in [0.4, 0.5) is 0 Å². The molecule has 20 heavy (non-hydrogen) atoms. The summed E-state index contributed by atoms with van der Waals surface area (Å²) >= 11 is 0. The summed E-state index contributed by atoms with van der Waals surface area (Å²) in [7, 11) is 0. The molecule has 1 aliphatic rings. The van der Waals surface area contributed by atoms with Crippen LogP contribution in [-0.4, -0.2) is 47.6 Å². The zero-order valence-electron chi connectivity index (χ0n) is 11.1. The minimum Gasteiger partial charge on any atom is -0.484 e. The highest BCUT2D eigenvalue weighted by atomic mass is 16.5. The van der Waals surface area contributed by atoms with Crippen LogP contribution in [-0.2, 0) is 4.79 Å². The predicted octanol–water partition coefficient (Wildman–Crippen LogP) is 0.148. The fourth-order valence-corrected chi connectivity index (χ4v) is 2.31. The summed E-state index contributed by atoms with van der Waals surface area (Å²) in [6.07, 6.45) is 1.75. The van der Waals surface area contributed by atoms with Crippen molar-refractivity contribution in [2.45, 2.75) is 18.9 Å². The second kappa shape index (κ2) is 6.38. The molecule has 2 amide bonds. The third-order valence-electron chi connectivity index (χ3n) is 3.33. The van der Waals surface area contributed by atoms with E-state index in [1.807, 2.05) is 0 Å². The third kappa shape index (κ3) is 3.27. The summed E-state index contributed by atoms with van der Waals surface area (Å²) in [5.41, 5.74) is 5.52. The van der Waals surface area contributed by atoms with Crippen molar-refractivity contribution in [1.82, 2.24) is 4.90 Å². The average Bonchev–Trinajstić information content (AvgIpc) is 2.93. The molecule has 1 aromatic carbocycles. The lowest BCUT2D eigenvalue weighted by Gasteiger charge is -2.23. The van der Waals surface area contributed by atoms with E-state index in [1.165, 1.54) is 0 Å². The number of likely N-dealkylation sites (tertiary alicyclic amines) is 1. The van der Waals surface area contributed by atoms with Gasteiger partial charge in [-0.25, -0.2) is 0 Å². The molecule has 6 nitrogen and oxygen atoms in total. The fraction of sp³-hybridized carbons (Fsp3) is 0.429. The lowest BCUT2D eigenvalue weighted by Crippen LogP contribution is -2.37. The van der Waals surface area contributed by atoms with Crippen molar-refractivity contribution >= 4 is 11.8 Å². The Morgan fingerprint density at radius 1 is 1.35 bits per heavy atom. The Morgan fingerprint density at radius 2 is 2.05 bits per heavy atom. The minimum absolute atomic E-state index is 0.00839. The number of carbonyl (C=O) groups is 2. The second-order valence-corrected chi connectivity index (χ2v) is 4.76. The molecule has 2 rings (SSSR count). The standard InChI is InChI=1S/C14H18N2O4/c15-13(18)9-20-12-5-3-10(4-6-12)14(19)16-7-1-2-11(16)8-17/h3-6,11,17H,1-2,7-9H2,(H2,15,18)/t11-/m1/s1. The zero-order chi connectivity index (χ0) is 14.5. The van der Waals surface area contributed by atoms with E-state index in [-0.39, 0.29) is 25.2 Å². The van der Waals surface area contributed by atoms with Gasteiger partial charge >= 0.3 is 0 Å². The number of primary amides is 1. The van der Waals surface area contributed by atoms with Crippen LogP contribution in [0.2, 0.25) is 0 Å². The number of rotatable bonds is 5. The molecule has 0 radical (unpaired) electrons. The van der Waals surface area contributed by atoms with E-state index in [2.05, 4.69) is 0 Å². The van der Waals surface area contributed by atoms with Gasteiger partial charge in [0, 0.05) is 12.1 Å². The number of aliphatic hydroxyl groups is 1. The molecule has 1 aromatic rings. The summed E-state index contributed by atoms with van der Waals surface area (Å²) in [4.78, 5) is 24.6. The highest BCUT2D eigenvalue weighted by Crippen LogP contribution is 2.21. The van der Waals surface area contributed by atoms with Gasteiger partial charge in [0.1, 0.15) is 5.75 Å². The first-order valence-electron chi connectivity index (χ1n) is 6.55. The van der Waals surface area contributed by atoms with E-state index in [4.69, 9.17) is 10.5 Å². The Morgan fingerprint density at radius 3 is 2.65 bits per heavy atom. The van der Waals surface area contributed by atoms with Gasteiger partial charge < -0.3 is 20.5 Å². The monoisotopic (exact) mass is 278 g/mol. The Kier molecular flexibility index (Phi) is 4.57. The first-order chi connectivity index (χ1) is 9.61. The number of hydrogen-bond donors (Lipinski definition) is 2. The topological polar surface area (TPSA) is 92.9 Å². The normalized spacial score (nSPS) is 18.1. The summed E-state index contributed by atoms with van der Waals surface area (Å²) in [5.74, 6) is -0.156. The summed E-state index contributed by atoms with van der Waals surface area (Å²) in [6, 6.07) is 6.45. The molecule has 1 atom stereocenters. The van der Waals surface area contributed by atoms with Crippen molar-refractivity contribution in [2.75, 3.05) is 19.8 Å². The maximum Gasteiger partial charge on any atom is 0.255 e. The number of nitrogens with zero attached hydrogens (tertiary/aromatic N) is 1. The van der Waals surface area contributed by atoms with Crippen molar-refractivity contribution < 1.29 is 19.4 Å². The first kappa shape index (κ1) is 14.3. The van der Waals surface area contributed by atoms with Crippen LogP contribution in [0.15, 0.2) is 24.3 Å². The van der Waals surface area contributed by atoms with Crippen LogP contribution in [0.3, 0.4) is 0 Å². The van der Waals surface area contributed by atoms with Crippen molar-refractivity contribution in [3.8, 4) is 5.75 Å². The molecule has 6 heteroatoms. The maximum atomic E-state index is 12.3. The molecular weight excluding hydrogens is 260 g/mol. The summed E-state index contributed by atoms with van der Waals surface area (Å²) < 4.78 is 5.13. The van der Waals surface area contributed by atoms with Gasteiger partial charge in [-0.05, 0) is 37.1 Å². The molecule has 0 spiro atoms. The van der Waals surface area contributed by atoms with E-state index in [9.17, 15) is 14.7 Å². The molecular formula is C14H18N2O4. The van der Waals surface area contributed by atoms with Gasteiger partial charge in [-0.3, -0.25) is 9.59 Å². The van der Waals surface area contributed by atoms with Gasteiger partial charge in [-0.15, -0.1) is 0 Å². The molecule has 1 aliphatic heterocycles. The van der Waals surface area contributed by atoms with Crippen LogP contribution >= 0.6 is 0 Å². The van der Waals surface area contributed by atoms with Gasteiger partial charge in [0.15, 0.2) is 6.61 Å².